The lowest BCUT2D eigenvalue weighted by molar-refractivity contribution is -0.384. The van der Waals surface area contributed by atoms with E-state index in [-0.39, 0.29) is 80.2 Å². The van der Waals surface area contributed by atoms with Gasteiger partial charge in [-0.3, -0.25) is 38.9 Å². The lowest BCUT2D eigenvalue weighted by Crippen LogP contribution is -2.66. The highest BCUT2D eigenvalue weighted by Gasteiger charge is 2.55. The van der Waals surface area contributed by atoms with Gasteiger partial charge in [0.25, 0.3) is 5.69 Å². The first-order valence-corrected chi connectivity index (χ1v) is 22.8. The zero-order chi connectivity index (χ0) is 48.4. The Bertz CT molecular complexity index is 1960. The number of hydrogen-bond donors (Lipinski definition) is 3. The van der Waals surface area contributed by atoms with E-state index in [0.29, 0.717) is 6.42 Å². The van der Waals surface area contributed by atoms with Gasteiger partial charge in [0.15, 0.2) is 18.3 Å². The van der Waals surface area contributed by atoms with Gasteiger partial charge in [-0.15, -0.1) is 0 Å². The number of carbonyl (C=O) groups is 7. The molecule has 5 aliphatic rings. The summed E-state index contributed by atoms with van der Waals surface area (Å²) in [5, 5.41) is 20.0. The smallest absolute Gasteiger partial charge is 0.315 e. The van der Waals surface area contributed by atoms with Crippen molar-refractivity contribution in [1.29, 1.82) is 0 Å². The standard InChI is InChI=1S/C42H56N4O20S/c1-20(47)57-16-29-27(36(60-21(2)48)37(61-22(3)49)31(64-29)17-58-26-12-10-25(11-13-26)46(54)55)14-56-15-30-38(62-23(4)50)40(63-24(5)51)39-32(65-30)18-59-42(66-39)44-34(52)9-7-6-8-33-35-28(19-67-33)43-41(53)45-35/h10-13,27-33,35-40,42H,6-9,14-19H2,1-5H3,(H,44,52)(H2,43,45,53). The fourth-order valence-corrected chi connectivity index (χ4v) is 10.2. The van der Waals surface area contributed by atoms with Crippen LogP contribution in [0.3, 0.4) is 0 Å². The Labute approximate surface area is 388 Å². The second-order valence-corrected chi connectivity index (χ2v) is 17.8. The maximum atomic E-state index is 13.0. The van der Waals surface area contributed by atoms with E-state index >= 15 is 0 Å². The summed E-state index contributed by atoms with van der Waals surface area (Å²) >= 11 is 1.79. The van der Waals surface area contributed by atoms with Gasteiger partial charge in [0.05, 0.1) is 42.7 Å². The zero-order valence-corrected chi connectivity index (χ0v) is 38.3. The Kier molecular flexibility index (Phi) is 18.0. The summed E-state index contributed by atoms with van der Waals surface area (Å²) in [6.45, 7) is 4.24. The summed E-state index contributed by atoms with van der Waals surface area (Å²) in [7, 11) is 0. The number of unbranched alkanes of at least 4 members (excludes halogenated alkanes) is 1. The Balaban J connectivity index is 1.11. The Morgan fingerprint density at radius 1 is 0.761 bits per heavy atom. The van der Waals surface area contributed by atoms with Crippen LogP contribution in [-0.2, 0) is 76.1 Å². The molecule has 0 bridgehead atoms. The van der Waals surface area contributed by atoms with E-state index < -0.39 is 102 Å². The number of fused-ring (bicyclic) bond motifs is 2. The molecule has 370 valence electrons. The Morgan fingerprint density at radius 2 is 1.40 bits per heavy atom. The molecule has 0 radical (unpaired) electrons. The fraction of sp³-hybridized carbons (Fsp3) is 0.690. The zero-order valence-electron chi connectivity index (χ0n) is 37.5. The van der Waals surface area contributed by atoms with Crippen LogP contribution in [0.25, 0.3) is 0 Å². The van der Waals surface area contributed by atoms with Crippen molar-refractivity contribution in [3.8, 4) is 5.75 Å². The van der Waals surface area contributed by atoms with E-state index in [1.165, 1.54) is 31.2 Å². The molecule has 1 aromatic carbocycles. The van der Waals surface area contributed by atoms with Crippen LogP contribution in [0.1, 0.15) is 60.3 Å². The van der Waals surface area contributed by atoms with Gasteiger partial charge in [-0.25, -0.2) is 4.79 Å². The second-order valence-electron chi connectivity index (χ2n) is 16.5. The molecule has 0 spiro atoms. The van der Waals surface area contributed by atoms with Gasteiger partial charge in [0, 0.05) is 64.2 Å². The Morgan fingerprint density at radius 3 is 2.06 bits per heavy atom. The van der Waals surface area contributed by atoms with Crippen LogP contribution in [0.4, 0.5) is 10.5 Å². The highest BCUT2D eigenvalue weighted by Crippen LogP contribution is 2.36. The minimum atomic E-state index is -1.32. The van der Waals surface area contributed by atoms with Crippen LogP contribution < -0.4 is 20.7 Å². The summed E-state index contributed by atoms with van der Waals surface area (Å²) in [6.07, 6.45) is -9.50. The number of esters is 5. The molecular weight excluding hydrogens is 913 g/mol. The maximum absolute atomic E-state index is 13.0. The normalized spacial score (nSPS) is 31.9. The molecule has 3 N–H and O–H groups in total. The van der Waals surface area contributed by atoms with Crippen LogP contribution in [-0.4, -0.2) is 164 Å². The predicted molar refractivity (Wildman–Crippen MR) is 226 cm³/mol. The van der Waals surface area contributed by atoms with Crippen molar-refractivity contribution in [2.75, 3.05) is 38.8 Å². The molecule has 14 unspecified atom stereocenters. The van der Waals surface area contributed by atoms with E-state index in [2.05, 4.69) is 16.0 Å². The summed E-state index contributed by atoms with van der Waals surface area (Å²) in [6, 6.07) is 5.18. The van der Waals surface area contributed by atoms with Crippen LogP contribution in [0.2, 0.25) is 0 Å². The van der Waals surface area contributed by atoms with Gasteiger partial charge < -0.3 is 68.1 Å². The lowest BCUT2D eigenvalue weighted by Gasteiger charge is -2.48. The number of benzene rings is 1. The molecule has 3 amide bonds. The molecule has 24 nitrogen and oxygen atoms in total. The number of urea groups is 1. The van der Waals surface area contributed by atoms with Crippen LogP contribution in [0, 0.1) is 16.0 Å². The first kappa shape index (κ1) is 51.1. The number of non-ortho nitro benzene ring substituents is 1. The van der Waals surface area contributed by atoms with E-state index in [1.54, 1.807) is 11.8 Å². The number of amides is 3. The minimum absolute atomic E-state index is 0.0615. The molecular formula is C42H56N4O20S. The summed E-state index contributed by atoms with van der Waals surface area (Å²) in [5.41, 5.74) is -0.177. The SMILES string of the molecule is CC(=O)OCC1OC(COc2ccc([N+](=O)[O-])cc2)C(OC(C)=O)C(OC(C)=O)C1COCC1OC2COC(NC(=O)CCCCC3SCC4NC(=O)NC43)OC2C(OC(C)=O)C1OC(C)=O. The summed E-state index contributed by atoms with van der Waals surface area (Å²) < 4.78 is 64.6. The van der Waals surface area contributed by atoms with Crippen molar-refractivity contribution in [3.63, 3.8) is 0 Å². The monoisotopic (exact) mass is 968 g/mol. The average Bonchev–Trinajstić information content (AvgIpc) is 3.82. The number of rotatable bonds is 20. The molecule has 5 fully saturated rings. The third-order valence-corrected chi connectivity index (χ3v) is 12.9. The quantitative estimate of drug-likeness (QED) is 0.0410. The van der Waals surface area contributed by atoms with E-state index in [1.807, 2.05) is 0 Å². The minimum Gasteiger partial charge on any atom is -0.491 e. The number of nitro benzene ring substituents is 1. The van der Waals surface area contributed by atoms with E-state index in [4.69, 9.17) is 52.1 Å². The number of hydrogen-bond acceptors (Lipinski definition) is 21. The molecule has 1 aromatic rings. The number of ether oxygens (including phenoxy) is 11. The number of nitro groups is 1. The molecule has 67 heavy (non-hydrogen) atoms. The van der Waals surface area contributed by atoms with Crippen LogP contribution in [0.5, 0.6) is 5.75 Å². The fourth-order valence-electron chi connectivity index (χ4n) is 8.61. The molecule has 5 aliphatic heterocycles. The predicted octanol–water partition coefficient (Wildman–Crippen LogP) is 0.972. The van der Waals surface area contributed by atoms with Gasteiger partial charge in [-0.1, -0.05) is 6.42 Å². The average molecular weight is 969 g/mol. The van der Waals surface area contributed by atoms with Gasteiger partial charge in [0.1, 0.15) is 55.6 Å². The Hall–Kier alpha value is -5.34. The summed E-state index contributed by atoms with van der Waals surface area (Å²) in [4.78, 5) is 97.4. The van der Waals surface area contributed by atoms with Crippen molar-refractivity contribution in [2.45, 2.75) is 139 Å². The third-order valence-electron chi connectivity index (χ3n) is 11.4. The summed E-state index contributed by atoms with van der Waals surface area (Å²) in [5.74, 6) is -4.00. The van der Waals surface area contributed by atoms with Crippen molar-refractivity contribution in [2.24, 2.45) is 5.92 Å². The van der Waals surface area contributed by atoms with Crippen molar-refractivity contribution < 1.29 is 90.6 Å². The van der Waals surface area contributed by atoms with Gasteiger partial charge >= 0.3 is 35.9 Å². The number of carbonyl (C=O) groups excluding carboxylic acids is 7. The highest BCUT2D eigenvalue weighted by atomic mass is 32.2. The van der Waals surface area contributed by atoms with Gasteiger partial charge in [-0.2, -0.15) is 11.8 Å². The largest absolute Gasteiger partial charge is 0.491 e. The molecule has 0 aromatic heterocycles. The molecule has 14 atom stereocenters. The van der Waals surface area contributed by atoms with Crippen LogP contribution in [0.15, 0.2) is 24.3 Å². The molecule has 25 heteroatoms. The van der Waals surface area contributed by atoms with Crippen molar-refractivity contribution >= 4 is 59.2 Å². The highest BCUT2D eigenvalue weighted by molar-refractivity contribution is 8.00. The molecule has 5 heterocycles. The maximum Gasteiger partial charge on any atom is 0.315 e. The first-order valence-electron chi connectivity index (χ1n) is 21.8. The lowest BCUT2D eigenvalue weighted by atomic mass is 9.86. The topological polar surface area (TPSA) is 300 Å². The van der Waals surface area contributed by atoms with Crippen molar-refractivity contribution in [1.82, 2.24) is 16.0 Å². The van der Waals surface area contributed by atoms with E-state index in [9.17, 15) is 43.7 Å². The van der Waals surface area contributed by atoms with Crippen LogP contribution >= 0.6 is 11.8 Å². The second kappa shape index (κ2) is 23.6. The molecule has 0 saturated carbocycles. The number of nitrogens with one attached hydrogen (secondary N) is 3. The number of nitrogens with zero attached hydrogens (tertiary/aromatic N) is 1. The van der Waals surface area contributed by atoms with Gasteiger partial charge in [-0.05, 0) is 25.0 Å². The molecule has 6 rings (SSSR count). The molecule has 0 aliphatic carbocycles. The third kappa shape index (κ3) is 14.1. The first-order chi connectivity index (χ1) is 31.9. The molecule has 5 saturated heterocycles. The number of thioether (sulfide) groups is 1. The van der Waals surface area contributed by atoms with E-state index in [0.717, 1.165) is 46.3 Å². The van der Waals surface area contributed by atoms with Gasteiger partial charge in [0.2, 0.25) is 12.3 Å². The van der Waals surface area contributed by atoms with Crippen molar-refractivity contribution in [3.05, 3.63) is 34.4 Å².